The molecule has 2 heteroatoms. The van der Waals surface area contributed by atoms with Crippen molar-refractivity contribution in [3.8, 4) is 0 Å². The molecular formula is C34H34N2. The summed E-state index contributed by atoms with van der Waals surface area (Å²) in [5, 5.41) is 5.38. The van der Waals surface area contributed by atoms with E-state index in [1.54, 1.807) is 0 Å². The number of aryl methyl sites for hydroxylation is 2. The molecule has 0 unspecified atom stereocenters. The lowest BCUT2D eigenvalue weighted by Gasteiger charge is -2.45. The number of rotatable bonds is 5. The summed E-state index contributed by atoms with van der Waals surface area (Å²) in [6.45, 7) is 8.60. The molecule has 0 aliphatic carbocycles. The smallest absolute Gasteiger partial charge is 0.0904 e. The van der Waals surface area contributed by atoms with Gasteiger partial charge in [-0.2, -0.15) is 0 Å². The highest BCUT2D eigenvalue weighted by molar-refractivity contribution is 6.02. The number of hydrogen-bond acceptors (Lipinski definition) is 2. The van der Waals surface area contributed by atoms with E-state index in [0.717, 1.165) is 26.2 Å². The summed E-state index contributed by atoms with van der Waals surface area (Å²) in [5.41, 5.74) is 7.03. The van der Waals surface area contributed by atoms with E-state index in [2.05, 4.69) is 127 Å². The predicted octanol–water partition coefficient (Wildman–Crippen LogP) is 8.02. The van der Waals surface area contributed by atoms with Crippen LogP contribution in [-0.2, 0) is 13.1 Å². The molecular weight excluding hydrogens is 436 g/mol. The van der Waals surface area contributed by atoms with Gasteiger partial charge in [-0.1, -0.05) is 97.1 Å². The lowest BCUT2D eigenvalue weighted by Crippen LogP contribution is -2.47. The van der Waals surface area contributed by atoms with Crippen molar-refractivity contribution in [3.05, 3.63) is 131 Å². The Morgan fingerprint density at radius 2 is 1.03 bits per heavy atom. The monoisotopic (exact) mass is 470 g/mol. The van der Waals surface area contributed by atoms with E-state index >= 15 is 0 Å². The molecule has 0 aromatic heterocycles. The van der Waals surface area contributed by atoms with E-state index in [0.29, 0.717) is 0 Å². The highest BCUT2D eigenvalue weighted by Gasteiger charge is 2.33. The van der Waals surface area contributed by atoms with Gasteiger partial charge in [-0.05, 0) is 75.7 Å². The molecule has 0 amide bonds. The molecule has 5 aromatic rings. The van der Waals surface area contributed by atoms with Crippen molar-refractivity contribution in [2.24, 2.45) is 0 Å². The number of fused-ring (bicyclic) bond motifs is 2. The Hall–Kier alpha value is -3.46. The maximum Gasteiger partial charge on any atom is 0.0904 e. The summed E-state index contributed by atoms with van der Waals surface area (Å²) in [4.78, 5) is 5.44. The Morgan fingerprint density at radius 1 is 0.583 bits per heavy atom. The molecule has 0 radical (unpaired) electrons. The molecule has 1 fully saturated rings. The molecule has 2 nitrogen and oxygen atoms in total. The Morgan fingerprint density at radius 3 is 1.53 bits per heavy atom. The SMILES string of the molecule is Cc1ccccc1CN1CCCN(Cc2ccccc2C)C1c1c2ccccc2cc2ccccc12. The van der Waals surface area contributed by atoms with Crippen molar-refractivity contribution in [2.45, 2.75) is 39.5 Å². The van der Waals surface area contributed by atoms with Crippen LogP contribution in [0.5, 0.6) is 0 Å². The standard InChI is InChI=1S/C34H34N2/c1-25-12-3-5-16-29(25)23-35-20-11-21-36(24-30-17-6-4-13-26(30)2)34(35)33-31-18-9-7-14-27(31)22-28-15-8-10-19-32(28)33/h3-10,12-19,22,34H,11,20-21,23-24H2,1-2H3. The van der Waals surface area contributed by atoms with E-state index in [-0.39, 0.29) is 6.17 Å². The third-order valence-corrected chi connectivity index (χ3v) is 7.92. The third kappa shape index (κ3) is 4.32. The number of nitrogens with zero attached hydrogens (tertiary/aromatic N) is 2. The van der Waals surface area contributed by atoms with Crippen molar-refractivity contribution in [1.29, 1.82) is 0 Å². The Balaban J connectivity index is 1.54. The van der Waals surface area contributed by atoms with Crippen LogP contribution >= 0.6 is 0 Å². The first-order chi connectivity index (χ1) is 17.7. The summed E-state index contributed by atoms with van der Waals surface area (Å²) < 4.78 is 0. The van der Waals surface area contributed by atoms with Gasteiger partial charge in [-0.15, -0.1) is 0 Å². The molecule has 0 atom stereocenters. The van der Waals surface area contributed by atoms with Crippen molar-refractivity contribution in [3.63, 3.8) is 0 Å². The van der Waals surface area contributed by atoms with Gasteiger partial charge in [-0.25, -0.2) is 0 Å². The van der Waals surface area contributed by atoms with Gasteiger partial charge in [0.25, 0.3) is 0 Å². The highest BCUT2D eigenvalue weighted by Crippen LogP contribution is 2.40. The average Bonchev–Trinajstić information content (AvgIpc) is 2.90. The maximum atomic E-state index is 2.72. The van der Waals surface area contributed by atoms with E-state index in [9.17, 15) is 0 Å². The Kier molecular flexibility index (Phi) is 6.31. The van der Waals surface area contributed by atoms with Crippen LogP contribution in [0.25, 0.3) is 21.5 Å². The predicted molar refractivity (Wildman–Crippen MR) is 152 cm³/mol. The van der Waals surface area contributed by atoms with E-state index < -0.39 is 0 Å². The fraction of sp³-hybridized carbons (Fsp3) is 0.235. The summed E-state index contributed by atoms with van der Waals surface area (Å²) in [6, 6.07) is 38.0. The van der Waals surface area contributed by atoms with Crippen LogP contribution in [0.15, 0.2) is 103 Å². The van der Waals surface area contributed by atoms with Crippen molar-refractivity contribution >= 4 is 21.5 Å². The highest BCUT2D eigenvalue weighted by atomic mass is 15.4. The van der Waals surface area contributed by atoms with Gasteiger partial charge in [0.15, 0.2) is 0 Å². The zero-order chi connectivity index (χ0) is 24.5. The first-order valence-electron chi connectivity index (χ1n) is 13.2. The molecule has 6 rings (SSSR count). The fourth-order valence-corrected chi connectivity index (χ4v) is 5.99. The zero-order valence-corrected chi connectivity index (χ0v) is 21.3. The summed E-state index contributed by atoms with van der Waals surface area (Å²) in [6.07, 6.45) is 1.38. The molecule has 180 valence electrons. The third-order valence-electron chi connectivity index (χ3n) is 7.92. The summed E-state index contributed by atoms with van der Waals surface area (Å²) in [7, 11) is 0. The minimum absolute atomic E-state index is 0.203. The lowest BCUT2D eigenvalue weighted by atomic mass is 9.92. The Bertz CT molecular complexity index is 1410. The average molecular weight is 471 g/mol. The summed E-state index contributed by atoms with van der Waals surface area (Å²) >= 11 is 0. The topological polar surface area (TPSA) is 6.48 Å². The van der Waals surface area contributed by atoms with Gasteiger partial charge in [-0.3, -0.25) is 9.80 Å². The van der Waals surface area contributed by atoms with Crippen molar-refractivity contribution in [1.82, 2.24) is 9.80 Å². The molecule has 5 aromatic carbocycles. The first kappa shape index (κ1) is 23.0. The van der Waals surface area contributed by atoms with Crippen LogP contribution in [0.3, 0.4) is 0 Å². The van der Waals surface area contributed by atoms with Crippen LogP contribution in [0.2, 0.25) is 0 Å². The molecule has 0 bridgehead atoms. The molecule has 0 N–H and O–H groups in total. The second kappa shape index (κ2) is 9.89. The van der Waals surface area contributed by atoms with Crippen molar-refractivity contribution < 1.29 is 0 Å². The van der Waals surface area contributed by atoms with Crippen LogP contribution < -0.4 is 0 Å². The second-order valence-electron chi connectivity index (χ2n) is 10.3. The van der Waals surface area contributed by atoms with Crippen LogP contribution in [0.1, 0.15) is 40.4 Å². The van der Waals surface area contributed by atoms with Crippen LogP contribution in [0.4, 0.5) is 0 Å². The van der Waals surface area contributed by atoms with E-state index in [1.807, 2.05) is 0 Å². The molecule has 1 aliphatic rings. The number of benzene rings is 5. The quantitative estimate of drug-likeness (QED) is 0.240. The molecule has 1 aliphatic heterocycles. The van der Waals surface area contributed by atoms with Gasteiger partial charge in [0.2, 0.25) is 0 Å². The minimum atomic E-state index is 0.203. The normalized spacial score (nSPS) is 15.6. The maximum absolute atomic E-state index is 2.72. The summed E-state index contributed by atoms with van der Waals surface area (Å²) in [5.74, 6) is 0. The van der Waals surface area contributed by atoms with Crippen LogP contribution in [0, 0.1) is 13.8 Å². The second-order valence-corrected chi connectivity index (χ2v) is 10.3. The van der Waals surface area contributed by atoms with Gasteiger partial charge in [0.1, 0.15) is 0 Å². The Labute approximate surface area is 214 Å². The minimum Gasteiger partial charge on any atom is -0.280 e. The van der Waals surface area contributed by atoms with Gasteiger partial charge >= 0.3 is 0 Å². The molecule has 0 spiro atoms. The molecule has 1 heterocycles. The van der Waals surface area contributed by atoms with Gasteiger partial charge < -0.3 is 0 Å². The number of hydrogen-bond donors (Lipinski definition) is 0. The largest absolute Gasteiger partial charge is 0.280 e. The first-order valence-corrected chi connectivity index (χ1v) is 13.2. The van der Waals surface area contributed by atoms with Gasteiger partial charge in [0, 0.05) is 26.2 Å². The fourth-order valence-electron chi connectivity index (χ4n) is 5.99. The van der Waals surface area contributed by atoms with Gasteiger partial charge in [0.05, 0.1) is 6.17 Å². The van der Waals surface area contributed by atoms with E-state index in [1.165, 1.54) is 55.8 Å². The zero-order valence-electron chi connectivity index (χ0n) is 21.3. The van der Waals surface area contributed by atoms with Crippen molar-refractivity contribution in [2.75, 3.05) is 13.1 Å². The van der Waals surface area contributed by atoms with E-state index in [4.69, 9.17) is 0 Å². The molecule has 0 saturated carbocycles. The lowest BCUT2D eigenvalue weighted by molar-refractivity contribution is -0.00754. The molecule has 36 heavy (non-hydrogen) atoms. The molecule has 1 saturated heterocycles. The van der Waals surface area contributed by atoms with Crippen LogP contribution in [-0.4, -0.2) is 22.9 Å².